The Morgan fingerprint density at radius 2 is 1.52 bits per heavy atom. The molecule has 4 rings (SSSR count). The van der Waals surface area contributed by atoms with E-state index in [1.54, 1.807) is 0 Å². The quantitative estimate of drug-likeness (QED) is 0.808. The van der Waals surface area contributed by atoms with Gasteiger partial charge < -0.3 is 4.57 Å². The van der Waals surface area contributed by atoms with E-state index in [9.17, 15) is 4.57 Å². The molecule has 0 saturated carbocycles. The lowest BCUT2D eigenvalue weighted by Crippen LogP contribution is -2.33. The number of hydroxylamine groups is 2. The van der Waals surface area contributed by atoms with E-state index in [2.05, 4.69) is 5.06 Å². The van der Waals surface area contributed by atoms with Crippen molar-refractivity contribution in [3.05, 3.63) is 60.7 Å². The van der Waals surface area contributed by atoms with Gasteiger partial charge in [-0.15, -0.1) is 0 Å². The van der Waals surface area contributed by atoms with Crippen molar-refractivity contribution in [1.29, 1.82) is 0 Å². The molecule has 0 spiro atoms. The average molecular weight is 327 g/mol. The van der Waals surface area contributed by atoms with Crippen LogP contribution in [0.25, 0.3) is 0 Å². The van der Waals surface area contributed by atoms with Crippen molar-refractivity contribution in [2.75, 3.05) is 6.54 Å². The lowest BCUT2D eigenvalue weighted by Gasteiger charge is -2.28. The summed E-state index contributed by atoms with van der Waals surface area (Å²) in [5, 5.41) is 3.89. The van der Waals surface area contributed by atoms with Gasteiger partial charge in [-0.25, -0.2) is 0 Å². The van der Waals surface area contributed by atoms with Gasteiger partial charge in [-0.2, -0.15) is 5.06 Å². The molecule has 0 aliphatic carbocycles. The van der Waals surface area contributed by atoms with E-state index in [1.807, 2.05) is 60.7 Å². The van der Waals surface area contributed by atoms with E-state index < -0.39 is 7.14 Å². The first-order valence-corrected chi connectivity index (χ1v) is 10.2. The predicted octanol–water partition coefficient (Wildman–Crippen LogP) is 3.52. The van der Waals surface area contributed by atoms with Crippen LogP contribution in [0.1, 0.15) is 25.7 Å². The van der Waals surface area contributed by atoms with Gasteiger partial charge in [-0.3, -0.25) is 4.84 Å². The Hall–Kier alpha value is -1.41. The van der Waals surface area contributed by atoms with Crippen LogP contribution < -0.4 is 10.6 Å². The van der Waals surface area contributed by atoms with E-state index in [0.29, 0.717) is 6.04 Å². The van der Waals surface area contributed by atoms with Gasteiger partial charge in [0.2, 0.25) is 0 Å². The fraction of sp³-hybridized carbons (Fsp3) is 0.368. The highest BCUT2D eigenvalue weighted by Gasteiger charge is 2.46. The highest BCUT2D eigenvalue weighted by Crippen LogP contribution is 2.54. The third-order valence-electron chi connectivity index (χ3n) is 4.99. The van der Waals surface area contributed by atoms with Crippen LogP contribution in [-0.4, -0.2) is 23.5 Å². The SMILES string of the molecule is O=P(c1ccccc1)(c1ccccc1)C1CC2CCCCN2O1. The molecule has 0 radical (unpaired) electrons. The van der Waals surface area contributed by atoms with Crippen LogP contribution in [0.4, 0.5) is 0 Å². The lowest BCUT2D eigenvalue weighted by atomic mass is 10.0. The Kier molecular flexibility index (Phi) is 4.11. The second-order valence-corrected chi connectivity index (χ2v) is 9.34. The molecule has 0 aromatic heterocycles. The fourth-order valence-electron chi connectivity index (χ4n) is 3.78. The molecule has 0 amide bonds. The van der Waals surface area contributed by atoms with Crippen LogP contribution in [0.15, 0.2) is 60.7 Å². The maximum Gasteiger partial charge on any atom is 0.172 e. The molecule has 0 N–H and O–H groups in total. The number of hydrogen-bond acceptors (Lipinski definition) is 3. The van der Waals surface area contributed by atoms with Crippen molar-refractivity contribution in [2.24, 2.45) is 0 Å². The number of nitrogens with zero attached hydrogens (tertiary/aromatic N) is 1. The molecule has 0 bridgehead atoms. The maximum atomic E-state index is 14.2. The maximum absolute atomic E-state index is 14.2. The van der Waals surface area contributed by atoms with Crippen molar-refractivity contribution >= 4 is 17.8 Å². The van der Waals surface area contributed by atoms with Crippen LogP contribution in [0, 0.1) is 0 Å². The minimum Gasteiger partial charge on any atom is -0.311 e. The number of hydrogen-bond donors (Lipinski definition) is 0. The third-order valence-corrected chi connectivity index (χ3v) is 8.24. The minimum atomic E-state index is -2.81. The largest absolute Gasteiger partial charge is 0.311 e. The molecule has 3 nitrogen and oxygen atoms in total. The Bertz CT molecular complexity index is 646. The fourth-order valence-corrected chi connectivity index (χ4v) is 6.76. The molecule has 2 aromatic rings. The van der Waals surface area contributed by atoms with Crippen LogP contribution in [0.3, 0.4) is 0 Å². The summed E-state index contributed by atoms with van der Waals surface area (Å²) in [5.41, 5.74) is 0. The molecule has 120 valence electrons. The second kappa shape index (κ2) is 6.24. The zero-order valence-electron chi connectivity index (χ0n) is 13.2. The topological polar surface area (TPSA) is 29.5 Å². The molecule has 2 aromatic carbocycles. The standard InChI is InChI=1S/C19H22NO2P/c21-23(17-10-3-1-4-11-17,18-12-5-2-6-13-18)19-15-16-9-7-8-14-20(16)22-19/h1-6,10-13,16,19H,7-9,14-15H2. The highest BCUT2D eigenvalue weighted by atomic mass is 31.2. The van der Waals surface area contributed by atoms with Crippen LogP contribution >= 0.6 is 7.14 Å². The number of fused-ring (bicyclic) bond motifs is 1. The van der Waals surface area contributed by atoms with Gasteiger partial charge in [-0.1, -0.05) is 67.1 Å². The summed E-state index contributed by atoms with van der Waals surface area (Å²) in [7, 11) is -2.81. The van der Waals surface area contributed by atoms with E-state index in [1.165, 1.54) is 12.8 Å². The molecule has 2 aliphatic rings. The van der Waals surface area contributed by atoms with Crippen molar-refractivity contribution < 1.29 is 9.40 Å². The number of piperidine rings is 1. The summed E-state index contributed by atoms with van der Waals surface area (Å²) in [4.78, 5) is 6.21. The van der Waals surface area contributed by atoms with Gasteiger partial charge in [0.25, 0.3) is 0 Å². The Balaban J connectivity index is 1.76. The normalized spacial score (nSPS) is 25.2. The van der Waals surface area contributed by atoms with E-state index in [0.717, 1.165) is 30.0 Å². The summed E-state index contributed by atoms with van der Waals surface area (Å²) in [6.07, 6.45) is 4.43. The number of rotatable bonds is 3. The summed E-state index contributed by atoms with van der Waals surface area (Å²) >= 11 is 0. The number of benzene rings is 2. The minimum absolute atomic E-state index is 0.240. The molecule has 2 unspecified atom stereocenters. The second-order valence-electron chi connectivity index (χ2n) is 6.42. The summed E-state index contributed by atoms with van der Waals surface area (Å²) in [5.74, 6) is -0.240. The van der Waals surface area contributed by atoms with Crippen molar-refractivity contribution in [3.8, 4) is 0 Å². The van der Waals surface area contributed by atoms with E-state index in [4.69, 9.17) is 4.84 Å². The molecular formula is C19H22NO2P. The third kappa shape index (κ3) is 2.67. The van der Waals surface area contributed by atoms with Gasteiger partial charge in [0.15, 0.2) is 7.14 Å². The highest BCUT2D eigenvalue weighted by molar-refractivity contribution is 7.79. The molecule has 2 aliphatic heterocycles. The summed E-state index contributed by atoms with van der Waals surface area (Å²) in [6.45, 7) is 0.963. The Morgan fingerprint density at radius 1 is 0.913 bits per heavy atom. The van der Waals surface area contributed by atoms with Crippen LogP contribution in [-0.2, 0) is 9.40 Å². The molecule has 2 fully saturated rings. The van der Waals surface area contributed by atoms with Gasteiger partial charge in [0.1, 0.15) is 5.85 Å². The first kappa shape index (κ1) is 15.1. The average Bonchev–Trinajstić information content (AvgIpc) is 3.07. The molecule has 23 heavy (non-hydrogen) atoms. The van der Waals surface area contributed by atoms with Gasteiger partial charge in [-0.05, 0) is 12.8 Å². The monoisotopic (exact) mass is 327 g/mol. The molecule has 2 heterocycles. The molecular weight excluding hydrogens is 305 g/mol. The Morgan fingerprint density at radius 3 is 2.09 bits per heavy atom. The lowest BCUT2D eigenvalue weighted by molar-refractivity contribution is -0.153. The summed E-state index contributed by atoms with van der Waals surface area (Å²) in [6, 6.07) is 20.1. The predicted molar refractivity (Wildman–Crippen MR) is 93.6 cm³/mol. The zero-order chi connectivity index (χ0) is 15.7. The van der Waals surface area contributed by atoms with Crippen molar-refractivity contribution in [2.45, 2.75) is 37.6 Å². The van der Waals surface area contributed by atoms with Gasteiger partial charge >= 0.3 is 0 Å². The Labute approximate surface area is 137 Å². The molecule has 4 heteroatoms. The van der Waals surface area contributed by atoms with Gasteiger partial charge in [0.05, 0.1) is 0 Å². The smallest absolute Gasteiger partial charge is 0.172 e. The first-order valence-electron chi connectivity index (χ1n) is 8.43. The van der Waals surface area contributed by atoms with Crippen LogP contribution in [0.5, 0.6) is 0 Å². The van der Waals surface area contributed by atoms with E-state index >= 15 is 0 Å². The summed E-state index contributed by atoms with van der Waals surface area (Å²) < 4.78 is 14.2. The van der Waals surface area contributed by atoms with Crippen molar-refractivity contribution in [1.82, 2.24) is 5.06 Å². The van der Waals surface area contributed by atoms with Crippen LogP contribution in [0.2, 0.25) is 0 Å². The van der Waals surface area contributed by atoms with Crippen molar-refractivity contribution in [3.63, 3.8) is 0 Å². The molecule has 2 saturated heterocycles. The molecule has 2 atom stereocenters. The van der Waals surface area contributed by atoms with Gasteiger partial charge in [0, 0.05) is 29.6 Å². The van der Waals surface area contributed by atoms with E-state index in [-0.39, 0.29) is 5.85 Å². The first-order chi connectivity index (χ1) is 11.3. The zero-order valence-corrected chi connectivity index (χ0v) is 14.1.